The molecule has 2 rings (SSSR count). The molecule has 0 radical (unpaired) electrons. The fourth-order valence-electron chi connectivity index (χ4n) is 2.03. The molecule has 0 aromatic carbocycles. The standard InChI is InChI=1S/C10H16N2O4/c1-15-8-4-9(13)12(10(14)11-5-8)7-2-3-16-6-7/h7-8H,2-6H2,1H3,(H,11,14). The molecule has 0 aromatic heterocycles. The number of ether oxygens (including phenoxy) is 2. The quantitative estimate of drug-likeness (QED) is 0.706. The number of methoxy groups -OCH3 is 1. The number of hydrogen-bond acceptors (Lipinski definition) is 4. The lowest BCUT2D eigenvalue weighted by molar-refractivity contribution is -0.131. The van der Waals surface area contributed by atoms with Crippen molar-refractivity contribution in [3.05, 3.63) is 0 Å². The van der Waals surface area contributed by atoms with Crippen LogP contribution in [-0.2, 0) is 14.3 Å². The van der Waals surface area contributed by atoms with Crippen LogP contribution in [0.5, 0.6) is 0 Å². The van der Waals surface area contributed by atoms with E-state index in [2.05, 4.69) is 5.32 Å². The lowest BCUT2D eigenvalue weighted by Gasteiger charge is -2.23. The second-order valence-corrected chi connectivity index (χ2v) is 4.03. The van der Waals surface area contributed by atoms with Crippen LogP contribution in [0.4, 0.5) is 4.79 Å². The third-order valence-corrected chi connectivity index (χ3v) is 2.97. The van der Waals surface area contributed by atoms with Gasteiger partial charge in [-0.2, -0.15) is 0 Å². The summed E-state index contributed by atoms with van der Waals surface area (Å²) in [7, 11) is 1.54. The Balaban J connectivity index is 2.09. The summed E-state index contributed by atoms with van der Waals surface area (Å²) in [5, 5.41) is 2.69. The number of carbonyl (C=O) groups is 2. The van der Waals surface area contributed by atoms with Crippen molar-refractivity contribution in [2.24, 2.45) is 0 Å². The Morgan fingerprint density at radius 3 is 2.94 bits per heavy atom. The molecule has 1 N–H and O–H groups in total. The SMILES string of the molecule is COC1CNC(=O)N(C2CCOC2)C(=O)C1. The Morgan fingerprint density at radius 1 is 1.50 bits per heavy atom. The average Bonchev–Trinajstić information content (AvgIpc) is 2.73. The van der Waals surface area contributed by atoms with Crippen LogP contribution < -0.4 is 5.32 Å². The molecule has 0 bridgehead atoms. The van der Waals surface area contributed by atoms with Crippen LogP contribution in [0.25, 0.3) is 0 Å². The zero-order valence-electron chi connectivity index (χ0n) is 9.27. The molecule has 2 aliphatic heterocycles. The summed E-state index contributed by atoms with van der Waals surface area (Å²) in [6.45, 7) is 1.43. The minimum absolute atomic E-state index is 0.122. The van der Waals surface area contributed by atoms with E-state index >= 15 is 0 Å². The highest BCUT2D eigenvalue weighted by molar-refractivity contribution is 5.96. The van der Waals surface area contributed by atoms with Gasteiger partial charge in [0.25, 0.3) is 0 Å². The number of carbonyl (C=O) groups excluding carboxylic acids is 2. The van der Waals surface area contributed by atoms with Gasteiger partial charge in [0.2, 0.25) is 5.91 Å². The van der Waals surface area contributed by atoms with Crippen molar-refractivity contribution >= 4 is 11.9 Å². The molecule has 2 fully saturated rings. The van der Waals surface area contributed by atoms with Crippen molar-refractivity contribution in [2.45, 2.75) is 25.0 Å². The molecule has 6 heteroatoms. The highest BCUT2D eigenvalue weighted by atomic mass is 16.5. The predicted octanol–water partition coefficient (Wildman–Crippen LogP) is -0.268. The van der Waals surface area contributed by atoms with Crippen LogP contribution >= 0.6 is 0 Å². The summed E-state index contributed by atoms with van der Waals surface area (Å²) < 4.78 is 10.3. The van der Waals surface area contributed by atoms with E-state index in [0.717, 1.165) is 6.42 Å². The first-order valence-corrected chi connectivity index (χ1v) is 5.43. The van der Waals surface area contributed by atoms with Gasteiger partial charge in [0.15, 0.2) is 0 Å². The van der Waals surface area contributed by atoms with Crippen molar-refractivity contribution in [2.75, 3.05) is 26.9 Å². The average molecular weight is 228 g/mol. The minimum Gasteiger partial charge on any atom is -0.379 e. The number of nitrogens with zero attached hydrogens (tertiary/aromatic N) is 1. The van der Waals surface area contributed by atoms with Gasteiger partial charge in [0, 0.05) is 20.3 Å². The summed E-state index contributed by atoms with van der Waals surface area (Å²) in [4.78, 5) is 25.0. The molecule has 6 nitrogen and oxygen atoms in total. The molecular weight excluding hydrogens is 212 g/mol. The predicted molar refractivity (Wildman–Crippen MR) is 54.9 cm³/mol. The molecule has 2 saturated heterocycles. The summed E-state index contributed by atoms with van der Waals surface area (Å²) in [6, 6.07) is -0.455. The van der Waals surface area contributed by atoms with E-state index in [1.807, 2.05) is 0 Å². The molecule has 2 unspecified atom stereocenters. The molecule has 0 aromatic rings. The zero-order chi connectivity index (χ0) is 11.5. The maximum atomic E-state index is 11.9. The molecule has 3 amide bonds. The fraction of sp³-hybridized carbons (Fsp3) is 0.800. The Labute approximate surface area is 93.9 Å². The van der Waals surface area contributed by atoms with Gasteiger partial charge in [0.1, 0.15) is 0 Å². The summed E-state index contributed by atoms with van der Waals surface area (Å²) in [5.74, 6) is -0.183. The first-order chi connectivity index (χ1) is 7.72. The van der Waals surface area contributed by atoms with Crippen molar-refractivity contribution in [3.8, 4) is 0 Å². The van der Waals surface area contributed by atoms with Gasteiger partial charge < -0.3 is 14.8 Å². The second kappa shape index (κ2) is 4.80. The lowest BCUT2D eigenvalue weighted by Crippen LogP contribution is -2.48. The van der Waals surface area contributed by atoms with Gasteiger partial charge in [-0.15, -0.1) is 0 Å². The monoisotopic (exact) mass is 228 g/mol. The Morgan fingerprint density at radius 2 is 2.31 bits per heavy atom. The van der Waals surface area contributed by atoms with Gasteiger partial charge in [-0.3, -0.25) is 9.69 Å². The van der Waals surface area contributed by atoms with Crippen LogP contribution in [-0.4, -0.2) is 55.9 Å². The minimum atomic E-state index is -0.333. The molecule has 2 heterocycles. The molecule has 2 atom stereocenters. The number of amides is 3. The van der Waals surface area contributed by atoms with E-state index in [0.29, 0.717) is 19.8 Å². The maximum absolute atomic E-state index is 11.9. The molecule has 16 heavy (non-hydrogen) atoms. The van der Waals surface area contributed by atoms with E-state index in [-0.39, 0.29) is 30.5 Å². The molecule has 0 spiro atoms. The highest BCUT2D eigenvalue weighted by Crippen LogP contribution is 2.17. The van der Waals surface area contributed by atoms with Crippen LogP contribution in [0, 0.1) is 0 Å². The van der Waals surface area contributed by atoms with Gasteiger partial charge in [-0.05, 0) is 6.42 Å². The second-order valence-electron chi connectivity index (χ2n) is 4.03. The summed E-state index contributed by atoms with van der Waals surface area (Å²) >= 11 is 0. The molecule has 2 aliphatic rings. The lowest BCUT2D eigenvalue weighted by atomic mass is 10.2. The van der Waals surface area contributed by atoms with Crippen molar-refractivity contribution < 1.29 is 19.1 Å². The number of urea groups is 1. The number of nitrogens with one attached hydrogen (secondary N) is 1. The van der Waals surface area contributed by atoms with E-state index in [4.69, 9.17) is 9.47 Å². The summed E-state index contributed by atoms with van der Waals surface area (Å²) in [5.41, 5.74) is 0. The Kier molecular flexibility index (Phi) is 3.40. The highest BCUT2D eigenvalue weighted by Gasteiger charge is 2.35. The molecular formula is C10H16N2O4. The fourth-order valence-corrected chi connectivity index (χ4v) is 2.03. The van der Waals surface area contributed by atoms with Gasteiger partial charge in [-0.1, -0.05) is 0 Å². The van der Waals surface area contributed by atoms with E-state index in [1.165, 1.54) is 4.90 Å². The van der Waals surface area contributed by atoms with Crippen molar-refractivity contribution in [1.82, 2.24) is 10.2 Å². The van der Waals surface area contributed by atoms with Gasteiger partial charge >= 0.3 is 6.03 Å². The number of hydrogen-bond donors (Lipinski definition) is 1. The molecule has 0 aliphatic carbocycles. The molecule has 0 saturated carbocycles. The van der Waals surface area contributed by atoms with Crippen LogP contribution in [0.15, 0.2) is 0 Å². The van der Waals surface area contributed by atoms with E-state index < -0.39 is 0 Å². The third-order valence-electron chi connectivity index (χ3n) is 2.97. The smallest absolute Gasteiger partial charge is 0.324 e. The number of imide groups is 1. The first-order valence-electron chi connectivity index (χ1n) is 5.43. The van der Waals surface area contributed by atoms with Gasteiger partial charge in [0.05, 0.1) is 25.2 Å². The summed E-state index contributed by atoms with van der Waals surface area (Å²) in [6.07, 6.45) is 0.728. The number of rotatable bonds is 2. The zero-order valence-corrected chi connectivity index (χ0v) is 9.27. The normalized spacial score (nSPS) is 31.4. The van der Waals surface area contributed by atoms with E-state index in [9.17, 15) is 9.59 Å². The Bertz CT molecular complexity index is 289. The van der Waals surface area contributed by atoms with Crippen molar-refractivity contribution in [1.29, 1.82) is 0 Å². The van der Waals surface area contributed by atoms with E-state index in [1.54, 1.807) is 7.11 Å². The van der Waals surface area contributed by atoms with Crippen molar-refractivity contribution in [3.63, 3.8) is 0 Å². The largest absolute Gasteiger partial charge is 0.379 e. The first kappa shape index (κ1) is 11.3. The van der Waals surface area contributed by atoms with Crippen LogP contribution in [0.2, 0.25) is 0 Å². The topological polar surface area (TPSA) is 67.9 Å². The van der Waals surface area contributed by atoms with Gasteiger partial charge in [-0.25, -0.2) is 4.79 Å². The van der Waals surface area contributed by atoms with Crippen LogP contribution in [0.3, 0.4) is 0 Å². The third kappa shape index (κ3) is 2.17. The van der Waals surface area contributed by atoms with Crippen LogP contribution in [0.1, 0.15) is 12.8 Å². The molecule has 90 valence electrons. The Hall–Kier alpha value is -1.14. The maximum Gasteiger partial charge on any atom is 0.324 e.